The molecule has 1 aromatic rings. The van der Waals surface area contributed by atoms with Gasteiger partial charge in [0.2, 0.25) is 0 Å². The average molecular weight is 263 g/mol. The van der Waals surface area contributed by atoms with Crippen LogP contribution < -0.4 is 10.2 Å². The Balaban J connectivity index is 1.99. The summed E-state index contributed by atoms with van der Waals surface area (Å²) in [5.41, 5.74) is 2.42. The Labute approximate surface area is 116 Å². The van der Waals surface area contributed by atoms with E-state index >= 15 is 0 Å². The van der Waals surface area contributed by atoms with E-state index in [1.54, 1.807) is 7.11 Å². The van der Waals surface area contributed by atoms with Gasteiger partial charge >= 0.3 is 0 Å². The van der Waals surface area contributed by atoms with Crippen molar-refractivity contribution in [1.82, 2.24) is 10.3 Å². The van der Waals surface area contributed by atoms with Crippen LogP contribution in [-0.4, -0.2) is 37.8 Å². The van der Waals surface area contributed by atoms with Crippen molar-refractivity contribution in [1.29, 1.82) is 0 Å². The van der Waals surface area contributed by atoms with E-state index in [0.29, 0.717) is 6.10 Å². The summed E-state index contributed by atoms with van der Waals surface area (Å²) in [7, 11) is 1.80. The van der Waals surface area contributed by atoms with Gasteiger partial charge in [0.15, 0.2) is 0 Å². The van der Waals surface area contributed by atoms with E-state index in [1.807, 2.05) is 0 Å². The second-order valence-corrected chi connectivity index (χ2v) is 5.12. The first-order valence-corrected chi connectivity index (χ1v) is 7.19. The first-order chi connectivity index (χ1) is 9.24. The third-order valence-corrected chi connectivity index (χ3v) is 3.85. The van der Waals surface area contributed by atoms with E-state index in [1.165, 1.54) is 5.56 Å². The van der Waals surface area contributed by atoms with Crippen LogP contribution in [0.5, 0.6) is 0 Å². The van der Waals surface area contributed by atoms with E-state index < -0.39 is 0 Å². The fourth-order valence-corrected chi connectivity index (χ4v) is 2.52. The molecule has 0 bridgehead atoms. The maximum atomic E-state index is 5.41. The normalized spacial score (nSPS) is 16.9. The highest BCUT2D eigenvalue weighted by molar-refractivity contribution is 5.42. The minimum atomic E-state index is 0.422. The number of aromatic nitrogens is 1. The maximum absolute atomic E-state index is 5.41. The van der Waals surface area contributed by atoms with Gasteiger partial charge in [0.25, 0.3) is 0 Å². The lowest BCUT2D eigenvalue weighted by Gasteiger charge is -2.32. The molecule has 1 N–H and O–H groups in total. The van der Waals surface area contributed by atoms with Gasteiger partial charge in [0.05, 0.1) is 6.10 Å². The van der Waals surface area contributed by atoms with Crippen molar-refractivity contribution in [3.8, 4) is 0 Å². The van der Waals surface area contributed by atoms with Crippen LogP contribution in [-0.2, 0) is 11.3 Å². The Morgan fingerprint density at radius 3 is 2.68 bits per heavy atom. The Kier molecular flexibility index (Phi) is 5.16. The van der Waals surface area contributed by atoms with Gasteiger partial charge in [-0.05, 0) is 37.9 Å². The molecular weight excluding hydrogens is 238 g/mol. The van der Waals surface area contributed by atoms with Crippen molar-refractivity contribution in [2.75, 3.05) is 31.6 Å². The van der Waals surface area contributed by atoms with Crippen LogP contribution in [0.15, 0.2) is 12.1 Å². The molecule has 0 atom stereocenters. The molecule has 1 aliphatic heterocycles. The number of nitrogens with one attached hydrogen (secondary N) is 1. The van der Waals surface area contributed by atoms with Crippen LogP contribution in [0.3, 0.4) is 0 Å². The quantitative estimate of drug-likeness (QED) is 0.883. The lowest BCUT2D eigenvalue weighted by Crippen LogP contribution is -2.37. The van der Waals surface area contributed by atoms with Crippen LogP contribution in [0.2, 0.25) is 0 Å². The molecule has 2 rings (SSSR count). The van der Waals surface area contributed by atoms with E-state index in [2.05, 4.69) is 36.2 Å². The lowest BCUT2D eigenvalue weighted by atomic mass is 10.1. The molecule has 0 saturated carbocycles. The standard InChI is InChI=1S/C15H25N3O/c1-4-16-11-13-5-6-15(17-12(13)2)18-9-7-14(19-3)8-10-18/h5-6,14,16H,4,7-11H2,1-3H3. The van der Waals surface area contributed by atoms with E-state index in [4.69, 9.17) is 9.72 Å². The smallest absolute Gasteiger partial charge is 0.128 e. The van der Waals surface area contributed by atoms with Crippen molar-refractivity contribution in [3.05, 3.63) is 23.4 Å². The van der Waals surface area contributed by atoms with Crippen LogP contribution >= 0.6 is 0 Å². The number of ether oxygens (including phenoxy) is 1. The van der Waals surface area contributed by atoms with Gasteiger partial charge in [-0.3, -0.25) is 0 Å². The Morgan fingerprint density at radius 2 is 2.11 bits per heavy atom. The van der Waals surface area contributed by atoms with Crippen molar-refractivity contribution >= 4 is 5.82 Å². The van der Waals surface area contributed by atoms with E-state index in [-0.39, 0.29) is 0 Å². The predicted molar refractivity (Wildman–Crippen MR) is 78.6 cm³/mol. The number of nitrogens with zero attached hydrogens (tertiary/aromatic N) is 2. The topological polar surface area (TPSA) is 37.4 Å². The summed E-state index contributed by atoms with van der Waals surface area (Å²) in [6, 6.07) is 4.34. The van der Waals surface area contributed by atoms with Crippen molar-refractivity contribution in [2.45, 2.75) is 39.3 Å². The molecule has 2 heterocycles. The zero-order chi connectivity index (χ0) is 13.7. The molecule has 4 nitrogen and oxygen atoms in total. The highest BCUT2D eigenvalue weighted by atomic mass is 16.5. The third kappa shape index (κ3) is 3.67. The van der Waals surface area contributed by atoms with Crippen molar-refractivity contribution < 1.29 is 4.74 Å². The second-order valence-electron chi connectivity index (χ2n) is 5.12. The number of hydrogen-bond donors (Lipinski definition) is 1. The number of methoxy groups -OCH3 is 1. The molecule has 0 aliphatic carbocycles. The number of rotatable bonds is 5. The fourth-order valence-electron chi connectivity index (χ4n) is 2.52. The van der Waals surface area contributed by atoms with Crippen LogP contribution in [0.25, 0.3) is 0 Å². The fraction of sp³-hybridized carbons (Fsp3) is 0.667. The zero-order valence-corrected chi connectivity index (χ0v) is 12.3. The number of anilines is 1. The Hall–Kier alpha value is -1.13. The third-order valence-electron chi connectivity index (χ3n) is 3.85. The minimum Gasteiger partial charge on any atom is -0.381 e. The predicted octanol–water partition coefficient (Wildman–Crippen LogP) is 2.11. The summed E-state index contributed by atoms with van der Waals surface area (Å²) in [4.78, 5) is 7.11. The van der Waals surface area contributed by atoms with Crippen LogP contribution in [0.4, 0.5) is 5.82 Å². The van der Waals surface area contributed by atoms with Gasteiger partial charge in [-0.15, -0.1) is 0 Å². The monoisotopic (exact) mass is 263 g/mol. The van der Waals surface area contributed by atoms with Gasteiger partial charge in [-0.25, -0.2) is 4.98 Å². The summed E-state index contributed by atoms with van der Waals surface area (Å²) in [6.45, 7) is 8.19. The molecule has 4 heteroatoms. The summed E-state index contributed by atoms with van der Waals surface area (Å²) < 4.78 is 5.41. The molecule has 0 radical (unpaired) electrons. The molecule has 0 amide bonds. The second kappa shape index (κ2) is 6.87. The van der Waals surface area contributed by atoms with Gasteiger partial charge in [0, 0.05) is 32.4 Å². The van der Waals surface area contributed by atoms with E-state index in [0.717, 1.165) is 50.5 Å². The van der Waals surface area contributed by atoms with Crippen molar-refractivity contribution in [2.24, 2.45) is 0 Å². The Morgan fingerprint density at radius 1 is 1.37 bits per heavy atom. The SMILES string of the molecule is CCNCc1ccc(N2CCC(OC)CC2)nc1C. The van der Waals surface area contributed by atoms with Crippen LogP contribution in [0.1, 0.15) is 31.0 Å². The molecular formula is C15H25N3O. The highest BCUT2D eigenvalue weighted by Crippen LogP contribution is 2.20. The number of aryl methyl sites for hydroxylation is 1. The number of pyridine rings is 1. The summed E-state index contributed by atoms with van der Waals surface area (Å²) in [5.74, 6) is 1.10. The first kappa shape index (κ1) is 14.3. The number of piperidine rings is 1. The van der Waals surface area contributed by atoms with Gasteiger partial charge < -0.3 is 15.0 Å². The highest BCUT2D eigenvalue weighted by Gasteiger charge is 2.19. The van der Waals surface area contributed by atoms with E-state index in [9.17, 15) is 0 Å². The first-order valence-electron chi connectivity index (χ1n) is 7.19. The lowest BCUT2D eigenvalue weighted by molar-refractivity contribution is 0.0818. The molecule has 1 saturated heterocycles. The number of hydrogen-bond acceptors (Lipinski definition) is 4. The molecule has 19 heavy (non-hydrogen) atoms. The largest absolute Gasteiger partial charge is 0.381 e. The summed E-state index contributed by atoms with van der Waals surface area (Å²) >= 11 is 0. The molecule has 0 unspecified atom stereocenters. The molecule has 0 spiro atoms. The van der Waals surface area contributed by atoms with Gasteiger partial charge in [-0.1, -0.05) is 13.0 Å². The molecule has 1 aromatic heterocycles. The summed E-state index contributed by atoms with van der Waals surface area (Å²) in [5, 5.41) is 3.35. The minimum absolute atomic E-state index is 0.422. The molecule has 1 fully saturated rings. The van der Waals surface area contributed by atoms with Crippen LogP contribution in [0, 0.1) is 6.92 Å². The van der Waals surface area contributed by atoms with Gasteiger partial charge in [-0.2, -0.15) is 0 Å². The average Bonchev–Trinajstić information content (AvgIpc) is 2.46. The molecule has 1 aliphatic rings. The molecule has 0 aromatic carbocycles. The maximum Gasteiger partial charge on any atom is 0.128 e. The zero-order valence-electron chi connectivity index (χ0n) is 12.3. The summed E-state index contributed by atoms with van der Waals surface area (Å²) in [6.07, 6.45) is 2.61. The van der Waals surface area contributed by atoms with Crippen molar-refractivity contribution in [3.63, 3.8) is 0 Å². The van der Waals surface area contributed by atoms with Gasteiger partial charge in [0.1, 0.15) is 5.82 Å². The molecule has 106 valence electrons. The Bertz CT molecular complexity index is 400.